The number of rotatable bonds is 6. The summed E-state index contributed by atoms with van der Waals surface area (Å²) in [7, 11) is 0. The average molecular weight is 371 g/mol. The van der Waals surface area contributed by atoms with Gasteiger partial charge in [-0.2, -0.15) is 13.9 Å². The molecule has 1 heterocycles. The topological polar surface area (TPSA) is 56.1 Å². The van der Waals surface area contributed by atoms with Crippen LogP contribution in [-0.4, -0.2) is 22.3 Å². The maximum Gasteiger partial charge on any atom is 0.387 e. The Balaban J connectivity index is 1.74. The summed E-state index contributed by atoms with van der Waals surface area (Å²) in [5.41, 5.74) is 2.62. The molecule has 0 saturated heterocycles. The second-order valence-corrected chi connectivity index (χ2v) is 6.06. The maximum atomic E-state index is 12.5. The van der Waals surface area contributed by atoms with Gasteiger partial charge < -0.3 is 10.1 Å². The van der Waals surface area contributed by atoms with E-state index < -0.39 is 12.7 Å². The highest BCUT2D eigenvalue weighted by molar-refractivity contribution is 5.92. The number of nitrogens with one attached hydrogen (secondary N) is 1. The van der Waals surface area contributed by atoms with E-state index in [4.69, 9.17) is 0 Å². The van der Waals surface area contributed by atoms with Gasteiger partial charge in [-0.05, 0) is 49.7 Å². The summed E-state index contributed by atoms with van der Waals surface area (Å²) in [6, 6.07) is 17.0. The number of hydrogen-bond acceptors (Lipinski definition) is 3. The highest BCUT2D eigenvalue weighted by atomic mass is 19.3. The number of aryl methyl sites for hydroxylation is 1. The van der Waals surface area contributed by atoms with Gasteiger partial charge in [-0.1, -0.05) is 30.3 Å². The van der Waals surface area contributed by atoms with Gasteiger partial charge in [-0.3, -0.25) is 4.79 Å². The van der Waals surface area contributed by atoms with Gasteiger partial charge in [0.05, 0.1) is 11.7 Å². The molecule has 0 radical (unpaired) electrons. The number of alkyl halides is 2. The second-order valence-electron chi connectivity index (χ2n) is 6.06. The highest BCUT2D eigenvalue weighted by Crippen LogP contribution is 2.21. The van der Waals surface area contributed by atoms with Gasteiger partial charge in [0.25, 0.3) is 5.91 Å². The molecular weight excluding hydrogens is 352 g/mol. The van der Waals surface area contributed by atoms with Gasteiger partial charge in [0.1, 0.15) is 5.75 Å². The molecule has 0 spiro atoms. The molecule has 1 aromatic heterocycles. The lowest BCUT2D eigenvalue weighted by Gasteiger charge is -2.14. The summed E-state index contributed by atoms with van der Waals surface area (Å²) in [5.74, 6) is -0.298. The van der Waals surface area contributed by atoms with E-state index >= 15 is 0 Å². The van der Waals surface area contributed by atoms with Gasteiger partial charge >= 0.3 is 6.61 Å². The van der Waals surface area contributed by atoms with Crippen molar-refractivity contribution in [3.8, 4) is 11.4 Å². The lowest BCUT2D eigenvalue weighted by molar-refractivity contribution is -0.0499. The number of benzene rings is 2. The molecule has 0 aliphatic heterocycles. The molecule has 0 bridgehead atoms. The summed E-state index contributed by atoms with van der Waals surface area (Å²) in [6.45, 7) is 0.737. The summed E-state index contributed by atoms with van der Waals surface area (Å²) in [4.78, 5) is 12.5. The van der Waals surface area contributed by atoms with Crippen molar-refractivity contribution in [3.63, 3.8) is 0 Å². The van der Waals surface area contributed by atoms with Crippen molar-refractivity contribution in [1.82, 2.24) is 15.1 Å². The Morgan fingerprint density at radius 1 is 1.11 bits per heavy atom. The number of para-hydroxylation sites is 1. The van der Waals surface area contributed by atoms with Crippen LogP contribution >= 0.6 is 0 Å². The van der Waals surface area contributed by atoms with Crippen LogP contribution in [0.4, 0.5) is 8.78 Å². The Morgan fingerprint density at radius 3 is 2.56 bits per heavy atom. The van der Waals surface area contributed by atoms with E-state index in [-0.39, 0.29) is 17.4 Å². The van der Waals surface area contributed by atoms with E-state index in [1.54, 1.807) is 29.8 Å². The fourth-order valence-electron chi connectivity index (χ4n) is 2.73. The van der Waals surface area contributed by atoms with E-state index in [0.29, 0.717) is 5.56 Å². The Labute approximate surface area is 155 Å². The molecular formula is C20H19F2N3O2. The zero-order valence-electron chi connectivity index (χ0n) is 14.9. The van der Waals surface area contributed by atoms with Crippen LogP contribution in [0.3, 0.4) is 0 Å². The molecule has 1 unspecified atom stereocenters. The van der Waals surface area contributed by atoms with Crippen LogP contribution in [0.25, 0.3) is 5.69 Å². The highest BCUT2D eigenvalue weighted by Gasteiger charge is 2.17. The maximum absolute atomic E-state index is 12.5. The van der Waals surface area contributed by atoms with Crippen LogP contribution in [0, 0.1) is 6.92 Å². The molecule has 140 valence electrons. The molecule has 0 saturated carbocycles. The standard InChI is InChI=1S/C20H19F2N3O2/c1-13-11-18(24-25(13)16-8-4-3-5-9-16)19(26)23-14(2)15-7-6-10-17(12-15)27-20(21)22/h3-12,14,20H,1-2H3,(H,23,26). The molecule has 3 aromatic rings. The van der Waals surface area contributed by atoms with Crippen molar-refractivity contribution in [1.29, 1.82) is 0 Å². The van der Waals surface area contributed by atoms with E-state index in [9.17, 15) is 13.6 Å². The van der Waals surface area contributed by atoms with Crippen molar-refractivity contribution in [2.75, 3.05) is 0 Å². The number of amides is 1. The molecule has 1 atom stereocenters. The minimum absolute atomic E-state index is 0.0489. The fourth-order valence-corrected chi connectivity index (χ4v) is 2.73. The van der Waals surface area contributed by atoms with Gasteiger partial charge in [0, 0.05) is 5.69 Å². The van der Waals surface area contributed by atoms with Crippen LogP contribution in [0.1, 0.15) is 34.7 Å². The number of nitrogens with zero attached hydrogens (tertiary/aromatic N) is 2. The number of halogens is 2. The quantitative estimate of drug-likeness (QED) is 0.704. The van der Waals surface area contributed by atoms with Crippen molar-refractivity contribution in [2.45, 2.75) is 26.5 Å². The number of ether oxygens (including phenoxy) is 1. The molecule has 2 aromatic carbocycles. The zero-order chi connectivity index (χ0) is 19.4. The van der Waals surface area contributed by atoms with Crippen LogP contribution in [0.5, 0.6) is 5.75 Å². The van der Waals surface area contributed by atoms with E-state index in [2.05, 4.69) is 15.2 Å². The smallest absolute Gasteiger partial charge is 0.387 e. The Hall–Kier alpha value is -3.22. The first kappa shape index (κ1) is 18.6. The third kappa shape index (κ3) is 4.49. The fraction of sp³-hybridized carbons (Fsp3) is 0.200. The first-order chi connectivity index (χ1) is 12.9. The molecule has 7 heteroatoms. The summed E-state index contributed by atoms with van der Waals surface area (Å²) in [5, 5.41) is 7.19. The van der Waals surface area contributed by atoms with Crippen molar-refractivity contribution < 1.29 is 18.3 Å². The Morgan fingerprint density at radius 2 is 1.85 bits per heavy atom. The number of carbonyl (C=O) groups excluding carboxylic acids is 1. The van der Waals surface area contributed by atoms with Crippen molar-refractivity contribution in [2.24, 2.45) is 0 Å². The molecule has 5 nitrogen and oxygen atoms in total. The monoisotopic (exact) mass is 371 g/mol. The molecule has 27 heavy (non-hydrogen) atoms. The molecule has 3 rings (SSSR count). The molecule has 1 N–H and O–H groups in total. The Kier molecular flexibility index (Phi) is 5.49. The summed E-state index contributed by atoms with van der Waals surface area (Å²) >= 11 is 0. The lowest BCUT2D eigenvalue weighted by Crippen LogP contribution is -2.27. The van der Waals surface area contributed by atoms with Crippen LogP contribution in [0.15, 0.2) is 60.7 Å². The normalized spacial score (nSPS) is 12.0. The van der Waals surface area contributed by atoms with Crippen LogP contribution in [-0.2, 0) is 0 Å². The predicted molar refractivity (Wildman–Crippen MR) is 97.3 cm³/mol. The van der Waals surface area contributed by atoms with E-state index in [1.165, 1.54) is 12.1 Å². The van der Waals surface area contributed by atoms with E-state index in [1.807, 2.05) is 37.3 Å². The minimum Gasteiger partial charge on any atom is -0.435 e. The number of carbonyl (C=O) groups is 1. The van der Waals surface area contributed by atoms with Crippen molar-refractivity contribution >= 4 is 5.91 Å². The predicted octanol–water partition coefficient (Wildman–Crippen LogP) is 4.27. The zero-order valence-corrected chi connectivity index (χ0v) is 14.9. The third-order valence-corrected chi connectivity index (χ3v) is 4.05. The molecule has 1 amide bonds. The van der Waals surface area contributed by atoms with E-state index in [0.717, 1.165) is 11.4 Å². The average Bonchev–Trinajstić information content (AvgIpc) is 3.04. The lowest BCUT2D eigenvalue weighted by atomic mass is 10.1. The van der Waals surface area contributed by atoms with Crippen LogP contribution < -0.4 is 10.1 Å². The van der Waals surface area contributed by atoms with Gasteiger partial charge in [-0.15, -0.1) is 0 Å². The number of hydrogen-bond donors (Lipinski definition) is 1. The molecule has 0 fully saturated rings. The summed E-state index contributed by atoms with van der Waals surface area (Å²) in [6.07, 6.45) is 0. The SMILES string of the molecule is Cc1cc(C(=O)NC(C)c2cccc(OC(F)F)c2)nn1-c1ccccc1. The second kappa shape index (κ2) is 7.99. The van der Waals surface area contributed by atoms with Crippen molar-refractivity contribution in [3.05, 3.63) is 77.6 Å². The first-order valence-corrected chi connectivity index (χ1v) is 8.42. The summed E-state index contributed by atoms with van der Waals surface area (Å²) < 4.78 is 30.8. The Bertz CT molecular complexity index is 926. The molecule has 0 aliphatic rings. The largest absolute Gasteiger partial charge is 0.435 e. The van der Waals surface area contributed by atoms with Gasteiger partial charge in [0.15, 0.2) is 5.69 Å². The number of aromatic nitrogens is 2. The third-order valence-electron chi connectivity index (χ3n) is 4.05. The van der Waals surface area contributed by atoms with Crippen LogP contribution in [0.2, 0.25) is 0 Å². The molecule has 0 aliphatic carbocycles. The van der Waals surface area contributed by atoms with Gasteiger partial charge in [-0.25, -0.2) is 4.68 Å². The first-order valence-electron chi connectivity index (χ1n) is 8.42. The minimum atomic E-state index is -2.89. The van der Waals surface area contributed by atoms with Gasteiger partial charge in [0.2, 0.25) is 0 Å².